The lowest BCUT2D eigenvalue weighted by molar-refractivity contribution is 0.0924. The number of carbonyl (C=O) groups excluding carboxylic acids is 1. The van der Waals surface area contributed by atoms with Crippen LogP contribution in [0.5, 0.6) is 0 Å². The molecule has 0 aliphatic carbocycles. The lowest BCUT2D eigenvalue weighted by atomic mass is 10.2. The second-order valence-electron chi connectivity index (χ2n) is 4.86. The van der Waals surface area contributed by atoms with Crippen LogP contribution >= 0.6 is 0 Å². The standard InChI is InChI=1S/C13H21N3O2/c1-10-11(8-12(18-10)13(17)15-14)9-16-6-4-2-3-5-7-16/h8H,2-7,9,14H2,1H3,(H,15,17). The van der Waals surface area contributed by atoms with Crippen molar-refractivity contribution >= 4 is 5.91 Å². The molecule has 1 aromatic rings. The molecule has 1 fully saturated rings. The third kappa shape index (κ3) is 3.11. The Morgan fingerprint density at radius 1 is 1.39 bits per heavy atom. The highest BCUT2D eigenvalue weighted by molar-refractivity contribution is 5.91. The fourth-order valence-electron chi connectivity index (χ4n) is 2.40. The molecule has 0 aromatic carbocycles. The van der Waals surface area contributed by atoms with Crippen LogP contribution in [0.2, 0.25) is 0 Å². The minimum Gasteiger partial charge on any atom is -0.456 e. The fraction of sp³-hybridized carbons (Fsp3) is 0.615. The average Bonchev–Trinajstić information content (AvgIpc) is 2.58. The fourth-order valence-corrected chi connectivity index (χ4v) is 2.40. The van der Waals surface area contributed by atoms with Gasteiger partial charge in [0.05, 0.1) is 0 Å². The summed E-state index contributed by atoms with van der Waals surface area (Å²) < 4.78 is 5.42. The Labute approximate surface area is 107 Å². The predicted molar refractivity (Wildman–Crippen MR) is 68.8 cm³/mol. The Bertz CT molecular complexity index is 406. The minimum absolute atomic E-state index is 0.292. The number of hydrazine groups is 1. The van der Waals surface area contributed by atoms with E-state index >= 15 is 0 Å². The van der Waals surface area contributed by atoms with Gasteiger partial charge in [0.1, 0.15) is 5.76 Å². The summed E-state index contributed by atoms with van der Waals surface area (Å²) in [4.78, 5) is 13.8. The molecule has 1 saturated heterocycles. The van der Waals surface area contributed by atoms with E-state index in [1.165, 1.54) is 25.7 Å². The van der Waals surface area contributed by atoms with E-state index < -0.39 is 0 Å². The number of amides is 1. The molecule has 1 amide bonds. The summed E-state index contributed by atoms with van der Waals surface area (Å²) >= 11 is 0. The van der Waals surface area contributed by atoms with Gasteiger partial charge in [-0.2, -0.15) is 0 Å². The van der Waals surface area contributed by atoms with Crippen molar-refractivity contribution in [3.8, 4) is 0 Å². The Hall–Kier alpha value is -1.33. The largest absolute Gasteiger partial charge is 0.456 e. The molecule has 0 bridgehead atoms. The third-order valence-corrected chi connectivity index (χ3v) is 3.47. The minimum atomic E-state index is -0.375. The number of nitrogens with one attached hydrogen (secondary N) is 1. The van der Waals surface area contributed by atoms with Crippen LogP contribution in [-0.4, -0.2) is 23.9 Å². The summed E-state index contributed by atoms with van der Waals surface area (Å²) in [6.45, 7) is 5.00. The van der Waals surface area contributed by atoms with Crippen molar-refractivity contribution in [3.05, 3.63) is 23.2 Å². The van der Waals surface area contributed by atoms with E-state index in [9.17, 15) is 4.79 Å². The zero-order chi connectivity index (χ0) is 13.0. The zero-order valence-corrected chi connectivity index (χ0v) is 10.9. The SMILES string of the molecule is Cc1oc(C(=O)NN)cc1CN1CCCCCC1. The highest BCUT2D eigenvalue weighted by Gasteiger charge is 2.16. The maximum absolute atomic E-state index is 11.4. The zero-order valence-electron chi connectivity index (χ0n) is 10.9. The van der Waals surface area contributed by atoms with E-state index in [2.05, 4.69) is 10.3 Å². The molecule has 0 unspecified atom stereocenters. The first-order valence-corrected chi connectivity index (χ1v) is 6.53. The van der Waals surface area contributed by atoms with Crippen LogP contribution in [0.25, 0.3) is 0 Å². The number of nitrogen functional groups attached to an aromatic ring is 1. The van der Waals surface area contributed by atoms with Gasteiger partial charge in [0.25, 0.3) is 0 Å². The van der Waals surface area contributed by atoms with Gasteiger partial charge in [0.2, 0.25) is 0 Å². The molecule has 2 rings (SSSR count). The van der Waals surface area contributed by atoms with Crippen molar-refractivity contribution in [2.45, 2.75) is 39.2 Å². The number of likely N-dealkylation sites (tertiary alicyclic amines) is 1. The third-order valence-electron chi connectivity index (χ3n) is 3.47. The molecule has 0 spiro atoms. The smallest absolute Gasteiger partial charge is 0.300 e. The molecule has 3 N–H and O–H groups in total. The van der Waals surface area contributed by atoms with Crippen LogP contribution in [0.3, 0.4) is 0 Å². The molecule has 5 nitrogen and oxygen atoms in total. The number of nitrogens with two attached hydrogens (primary N) is 1. The first-order valence-electron chi connectivity index (χ1n) is 6.53. The van der Waals surface area contributed by atoms with Gasteiger partial charge >= 0.3 is 5.91 Å². The molecular formula is C13H21N3O2. The van der Waals surface area contributed by atoms with Gasteiger partial charge in [-0.1, -0.05) is 12.8 Å². The number of carbonyl (C=O) groups is 1. The summed E-state index contributed by atoms with van der Waals surface area (Å²) in [5, 5.41) is 0. The predicted octanol–water partition coefficient (Wildman–Crippen LogP) is 1.57. The molecule has 0 saturated carbocycles. The Balaban J connectivity index is 2.03. The topological polar surface area (TPSA) is 71.5 Å². The number of furan rings is 1. The summed E-state index contributed by atoms with van der Waals surface area (Å²) in [5.41, 5.74) is 3.17. The van der Waals surface area contributed by atoms with Crippen LogP contribution in [0.15, 0.2) is 10.5 Å². The summed E-state index contributed by atoms with van der Waals surface area (Å²) in [7, 11) is 0. The summed E-state index contributed by atoms with van der Waals surface area (Å²) in [6.07, 6.45) is 5.16. The van der Waals surface area contributed by atoms with E-state index in [4.69, 9.17) is 10.3 Å². The van der Waals surface area contributed by atoms with Crippen molar-refractivity contribution in [2.75, 3.05) is 13.1 Å². The molecule has 1 aliphatic rings. The highest BCUT2D eigenvalue weighted by Crippen LogP contribution is 2.19. The molecular weight excluding hydrogens is 230 g/mol. The molecule has 100 valence electrons. The van der Waals surface area contributed by atoms with Gasteiger partial charge in [-0.25, -0.2) is 5.84 Å². The van der Waals surface area contributed by atoms with Crippen molar-refractivity contribution < 1.29 is 9.21 Å². The summed E-state index contributed by atoms with van der Waals surface area (Å²) in [6, 6.07) is 1.79. The molecule has 0 radical (unpaired) electrons. The van der Waals surface area contributed by atoms with Crippen LogP contribution in [0.1, 0.15) is 47.6 Å². The first-order chi connectivity index (χ1) is 8.70. The number of hydrogen-bond acceptors (Lipinski definition) is 4. The van der Waals surface area contributed by atoms with Gasteiger partial charge < -0.3 is 4.42 Å². The molecule has 0 atom stereocenters. The van der Waals surface area contributed by atoms with Gasteiger partial charge in [0, 0.05) is 12.1 Å². The Kier molecular flexibility index (Phi) is 4.38. The molecule has 1 aliphatic heterocycles. The first kappa shape index (κ1) is 13.1. The van der Waals surface area contributed by atoms with E-state index in [-0.39, 0.29) is 5.91 Å². The Morgan fingerprint density at radius 2 is 2.06 bits per heavy atom. The van der Waals surface area contributed by atoms with Crippen LogP contribution in [-0.2, 0) is 6.54 Å². The maximum atomic E-state index is 11.4. The number of hydrogen-bond donors (Lipinski definition) is 2. The van der Waals surface area contributed by atoms with Crippen LogP contribution < -0.4 is 11.3 Å². The Morgan fingerprint density at radius 3 is 2.67 bits per heavy atom. The van der Waals surface area contributed by atoms with E-state index in [1.807, 2.05) is 6.92 Å². The number of aryl methyl sites for hydroxylation is 1. The van der Waals surface area contributed by atoms with Crippen LogP contribution in [0.4, 0.5) is 0 Å². The van der Waals surface area contributed by atoms with Crippen molar-refractivity contribution in [1.29, 1.82) is 0 Å². The van der Waals surface area contributed by atoms with Crippen molar-refractivity contribution in [3.63, 3.8) is 0 Å². The second kappa shape index (κ2) is 6.02. The van der Waals surface area contributed by atoms with Gasteiger partial charge in [0.15, 0.2) is 5.76 Å². The monoisotopic (exact) mass is 251 g/mol. The average molecular weight is 251 g/mol. The normalized spacial score (nSPS) is 17.4. The lowest BCUT2D eigenvalue weighted by Gasteiger charge is -2.18. The molecule has 1 aromatic heterocycles. The molecule has 2 heterocycles. The summed E-state index contributed by atoms with van der Waals surface area (Å²) in [5.74, 6) is 5.82. The molecule has 18 heavy (non-hydrogen) atoms. The number of rotatable bonds is 3. The number of nitrogens with zero attached hydrogens (tertiary/aromatic N) is 1. The van der Waals surface area contributed by atoms with E-state index in [1.54, 1.807) is 6.07 Å². The van der Waals surface area contributed by atoms with Gasteiger partial charge in [-0.15, -0.1) is 0 Å². The molecule has 5 heteroatoms. The maximum Gasteiger partial charge on any atom is 0.300 e. The highest BCUT2D eigenvalue weighted by atomic mass is 16.4. The van der Waals surface area contributed by atoms with Crippen LogP contribution in [0, 0.1) is 6.92 Å². The van der Waals surface area contributed by atoms with Crippen molar-refractivity contribution in [2.24, 2.45) is 5.84 Å². The quantitative estimate of drug-likeness (QED) is 0.486. The second-order valence-corrected chi connectivity index (χ2v) is 4.86. The van der Waals surface area contributed by atoms with Gasteiger partial charge in [-0.3, -0.25) is 15.1 Å². The van der Waals surface area contributed by atoms with E-state index in [0.717, 1.165) is 31.0 Å². The van der Waals surface area contributed by atoms with Gasteiger partial charge in [-0.05, 0) is 38.9 Å². The van der Waals surface area contributed by atoms with Crippen molar-refractivity contribution in [1.82, 2.24) is 10.3 Å². The van der Waals surface area contributed by atoms with E-state index in [0.29, 0.717) is 5.76 Å². The lowest BCUT2D eigenvalue weighted by Crippen LogP contribution is -2.29.